The van der Waals surface area contributed by atoms with Gasteiger partial charge in [0, 0.05) is 6.20 Å². The summed E-state index contributed by atoms with van der Waals surface area (Å²) in [5.74, 6) is -1.91. The van der Waals surface area contributed by atoms with Gasteiger partial charge < -0.3 is 9.88 Å². The van der Waals surface area contributed by atoms with Crippen molar-refractivity contribution in [3.05, 3.63) is 105 Å². The zero-order valence-electron chi connectivity index (χ0n) is 17.6. The molecule has 0 fully saturated rings. The minimum absolute atomic E-state index is 0.102. The average Bonchev–Trinajstić information content (AvgIpc) is 3.08. The second kappa shape index (κ2) is 9.11. The quantitative estimate of drug-likeness (QED) is 0.451. The fourth-order valence-electron chi connectivity index (χ4n) is 3.81. The molecule has 1 atom stereocenters. The van der Waals surface area contributed by atoms with E-state index >= 15 is 0 Å². The Balaban J connectivity index is 1.80. The molecule has 9 heteroatoms. The lowest BCUT2D eigenvalue weighted by molar-refractivity contribution is 0.0637. The first-order valence-corrected chi connectivity index (χ1v) is 10.2. The van der Waals surface area contributed by atoms with Crippen molar-refractivity contribution < 1.29 is 23.2 Å². The number of imide groups is 1. The number of pyridine rings is 1. The molecule has 1 N–H and O–H groups in total. The number of halogens is 2. The third-order valence-corrected chi connectivity index (χ3v) is 5.47. The van der Waals surface area contributed by atoms with Crippen molar-refractivity contribution in [1.29, 1.82) is 0 Å². The first-order valence-electron chi connectivity index (χ1n) is 10.2. The Kier molecular flexibility index (Phi) is 6.06. The lowest BCUT2D eigenvalue weighted by Crippen LogP contribution is -2.40. The molecule has 1 aliphatic heterocycles. The first-order chi connectivity index (χ1) is 16.3. The third kappa shape index (κ3) is 3.97. The van der Waals surface area contributed by atoms with Crippen LogP contribution in [0.2, 0.25) is 0 Å². The van der Waals surface area contributed by atoms with Gasteiger partial charge >= 0.3 is 0 Å². The number of carbonyl (C=O) groups is 3. The molecule has 1 aromatic heterocycles. The zero-order valence-corrected chi connectivity index (χ0v) is 17.6. The van der Waals surface area contributed by atoms with E-state index in [1.165, 1.54) is 36.5 Å². The van der Waals surface area contributed by atoms with Crippen LogP contribution in [-0.2, 0) is 0 Å². The van der Waals surface area contributed by atoms with Gasteiger partial charge in [-0.2, -0.15) is 0 Å². The predicted octanol–water partition coefficient (Wildman–Crippen LogP) is 2.38. The molecule has 170 valence electrons. The fraction of sp³-hybridized carbons (Fsp3) is 0.120. The highest BCUT2D eigenvalue weighted by Crippen LogP contribution is 2.27. The van der Waals surface area contributed by atoms with E-state index < -0.39 is 41.0 Å². The van der Waals surface area contributed by atoms with Crippen molar-refractivity contribution in [2.45, 2.75) is 6.04 Å². The highest BCUT2D eigenvalue weighted by Gasteiger charge is 2.37. The van der Waals surface area contributed by atoms with E-state index in [0.717, 1.165) is 21.6 Å². The van der Waals surface area contributed by atoms with E-state index in [4.69, 9.17) is 6.42 Å². The topological polar surface area (TPSA) is 88.5 Å². The van der Waals surface area contributed by atoms with Gasteiger partial charge in [-0.3, -0.25) is 24.1 Å². The summed E-state index contributed by atoms with van der Waals surface area (Å²) in [7, 11) is 0. The first kappa shape index (κ1) is 22.6. The molecule has 0 aliphatic carbocycles. The molecular weight excluding hydrogens is 444 g/mol. The van der Waals surface area contributed by atoms with Crippen molar-refractivity contribution in [2.75, 3.05) is 13.1 Å². The van der Waals surface area contributed by atoms with Gasteiger partial charge in [0.05, 0.1) is 30.3 Å². The standard InChI is InChI=1S/C25H17F2N3O4/c1-2-11-28-22(31)18-8-5-12-29(25(18)34)21(15-9-10-19(26)20(27)13-15)14-30-23(32)16-6-3-4-7-17(16)24(30)33/h1,3-10,12-13,21H,11,14H2,(H,28,31)/t21-/m0/s1. The smallest absolute Gasteiger partial charge is 0.264 e. The molecular formula is C25H17F2N3O4. The molecule has 4 rings (SSSR count). The Hall–Kier alpha value is -4.58. The number of carbonyl (C=O) groups excluding carboxylic acids is 3. The Labute approximate surface area is 192 Å². The highest BCUT2D eigenvalue weighted by atomic mass is 19.2. The summed E-state index contributed by atoms with van der Waals surface area (Å²) in [6, 6.07) is 10.9. The van der Waals surface area contributed by atoms with Gasteiger partial charge in [-0.05, 0) is 42.0 Å². The van der Waals surface area contributed by atoms with Gasteiger partial charge in [0.15, 0.2) is 11.6 Å². The van der Waals surface area contributed by atoms with Crippen LogP contribution in [-0.4, -0.2) is 40.3 Å². The van der Waals surface area contributed by atoms with Crippen LogP contribution in [0, 0.1) is 24.0 Å². The van der Waals surface area contributed by atoms with Gasteiger partial charge in [0.25, 0.3) is 23.3 Å². The van der Waals surface area contributed by atoms with Gasteiger partial charge in [-0.1, -0.05) is 24.1 Å². The second-order valence-electron chi connectivity index (χ2n) is 7.48. The SMILES string of the molecule is C#CCNC(=O)c1cccn([C@@H](CN2C(=O)c3ccccc3C2=O)c2ccc(F)c(F)c2)c1=O. The molecule has 2 heterocycles. The lowest BCUT2D eigenvalue weighted by atomic mass is 10.0. The maximum absolute atomic E-state index is 14.1. The van der Waals surface area contributed by atoms with Gasteiger partial charge in [-0.25, -0.2) is 8.78 Å². The fourth-order valence-corrected chi connectivity index (χ4v) is 3.81. The Morgan fingerprint density at radius 3 is 2.26 bits per heavy atom. The van der Waals surface area contributed by atoms with Crippen LogP contribution in [0.4, 0.5) is 8.78 Å². The monoisotopic (exact) mass is 461 g/mol. The number of terminal acetylenes is 1. The van der Waals surface area contributed by atoms with E-state index in [1.54, 1.807) is 12.1 Å². The molecule has 3 aromatic rings. The molecule has 2 aromatic carbocycles. The minimum Gasteiger partial charge on any atom is -0.341 e. The molecule has 0 spiro atoms. The van der Waals surface area contributed by atoms with Crippen LogP contribution >= 0.6 is 0 Å². The largest absolute Gasteiger partial charge is 0.341 e. The van der Waals surface area contributed by atoms with Gasteiger partial charge in [-0.15, -0.1) is 6.42 Å². The number of fused-ring (bicyclic) bond motifs is 1. The number of hydrogen-bond donors (Lipinski definition) is 1. The van der Waals surface area contributed by atoms with E-state index in [2.05, 4.69) is 11.2 Å². The number of nitrogens with one attached hydrogen (secondary N) is 1. The van der Waals surface area contributed by atoms with Crippen LogP contribution in [0.25, 0.3) is 0 Å². The maximum Gasteiger partial charge on any atom is 0.264 e. The van der Waals surface area contributed by atoms with E-state index in [-0.39, 0.29) is 35.3 Å². The van der Waals surface area contributed by atoms with Gasteiger partial charge in [0.2, 0.25) is 0 Å². The highest BCUT2D eigenvalue weighted by molar-refractivity contribution is 6.21. The average molecular weight is 461 g/mol. The summed E-state index contributed by atoms with van der Waals surface area (Å²) in [4.78, 5) is 52.3. The molecule has 0 bridgehead atoms. The number of amides is 3. The van der Waals surface area contributed by atoms with Crippen LogP contribution in [0.3, 0.4) is 0 Å². The summed E-state index contributed by atoms with van der Waals surface area (Å²) in [5, 5.41) is 2.39. The van der Waals surface area contributed by atoms with E-state index in [9.17, 15) is 28.0 Å². The minimum atomic E-state index is -1.17. The maximum atomic E-state index is 14.1. The normalized spacial score (nSPS) is 13.4. The number of aromatic nitrogens is 1. The second-order valence-corrected chi connectivity index (χ2v) is 7.48. The Morgan fingerprint density at radius 2 is 1.65 bits per heavy atom. The predicted molar refractivity (Wildman–Crippen MR) is 118 cm³/mol. The van der Waals surface area contributed by atoms with Crippen molar-refractivity contribution in [3.63, 3.8) is 0 Å². The van der Waals surface area contributed by atoms with Crippen molar-refractivity contribution in [2.24, 2.45) is 0 Å². The molecule has 7 nitrogen and oxygen atoms in total. The zero-order chi connectivity index (χ0) is 24.4. The lowest BCUT2D eigenvalue weighted by Gasteiger charge is -2.25. The van der Waals surface area contributed by atoms with Crippen molar-refractivity contribution >= 4 is 17.7 Å². The summed E-state index contributed by atoms with van der Waals surface area (Å²) in [6.45, 7) is -0.457. The molecule has 0 saturated carbocycles. The summed E-state index contributed by atoms with van der Waals surface area (Å²) in [5.41, 5.74) is -0.479. The summed E-state index contributed by atoms with van der Waals surface area (Å²) >= 11 is 0. The number of benzene rings is 2. The Morgan fingerprint density at radius 1 is 0.971 bits per heavy atom. The van der Waals surface area contributed by atoms with Crippen molar-refractivity contribution in [3.8, 4) is 12.3 Å². The Bertz CT molecular complexity index is 1390. The summed E-state index contributed by atoms with van der Waals surface area (Å²) in [6.07, 6.45) is 6.48. The van der Waals surface area contributed by atoms with Crippen LogP contribution in [0.5, 0.6) is 0 Å². The van der Waals surface area contributed by atoms with Crippen LogP contribution < -0.4 is 10.9 Å². The van der Waals surface area contributed by atoms with Crippen LogP contribution in [0.15, 0.2) is 65.6 Å². The van der Waals surface area contributed by atoms with E-state index in [0.29, 0.717) is 0 Å². The van der Waals surface area contributed by atoms with Gasteiger partial charge in [0.1, 0.15) is 5.56 Å². The molecule has 3 amide bonds. The number of hydrogen-bond acceptors (Lipinski definition) is 4. The number of nitrogens with zero attached hydrogens (tertiary/aromatic N) is 2. The third-order valence-electron chi connectivity index (χ3n) is 5.47. The molecule has 34 heavy (non-hydrogen) atoms. The van der Waals surface area contributed by atoms with Crippen molar-refractivity contribution in [1.82, 2.24) is 14.8 Å². The van der Waals surface area contributed by atoms with E-state index in [1.807, 2.05) is 0 Å². The summed E-state index contributed by atoms with van der Waals surface area (Å²) < 4.78 is 28.8. The molecule has 0 saturated heterocycles. The number of rotatable bonds is 6. The molecule has 1 aliphatic rings. The van der Waals surface area contributed by atoms with Crippen LogP contribution in [0.1, 0.15) is 42.7 Å². The molecule has 0 unspecified atom stereocenters. The molecule has 0 radical (unpaired) electrons.